The van der Waals surface area contributed by atoms with Gasteiger partial charge in [-0.25, -0.2) is 0 Å². The van der Waals surface area contributed by atoms with Crippen molar-refractivity contribution in [3.63, 3.8) is 0 Å². The summed E-state index contributed by atoms with van der Waals surface area (Å²) in [5, 5.41) is 22.9. The van der Waals surface area contributed by atoms with Gasteiger partial charge in [-0.2, -0.15) is 0 Å². The van der Waals surface area contributed by atoms with E-state index in [2.05, 4.69) is 5.32 Å². The summed E-state index contributed by atoms with van der Waals surface area (Å²) in [4.78, 5) is 0. The molecule has 4 nitrogen and oxygen atoms in total. The van der Waals surface area contributed by atoms with Crippen molar-refractivity contribution in [2.24, 2.45) is 0 Å². The Hall–Kier alpha value is -0.160. The summed E-state index contributed by atoms with van der Waals surface area (Å²) < 4.78 is 5.72. The standard InChI is InChI=1S/C15H29NO3/c17-12-15(8-4-1-5-9-15)16-10-13(18)11-19-14-6-2-3-7-14/h13-14,16-18H,1-12H2. The highest BCUT2D eigenvalue weighted by molar-refractivity contribution is 4.90. The van der Waals surface area contributed by atoms with E-state index in [0.29, 0.717) is 19.3 Å². The van der Waals surface area contributed by atoms with Gasteiger partial charge in [0.15, 0.2) is 0 Å². The topological polar surface area (TPSA) is 61.7 Å². The van der Waals surface area contributed by atoms with E-state index in [0.717, 1.165) is 25.7 Å². The van der Waals surface area contributed by atoms with Gasteiger partial charge in [-0.15, -0.1) is 0 Å². The minimum absolute atomic E-state index is 0.160. The van der Waals surface area contributed by atoms with Crippen LogP contribution >= 0.6 is 0 Å². The summed E-state index contributed by atoms with van der Waals surface area (Å²) in [5.41, 5.74) is -0.160. The van der Waals surface area contributed by atoms with Crippen LogP contribution in [0.3, 0.4) is 0 Å². The lowest BCUT2D eigenvalue weighted by Crippen LogP contribution is -2.52. The van der Waals surface area contributed by atoms with Gasteiger partial charge in [-0.05, 0) is 25.7 Å². The first-order chi connectivity index (χ1) is 9.24. The molecule has 0 aromatic heterocycles. The smallest absolute Gasteiger partial charge is 0.0898 e. The van der Waals surface area contributed by atoms with E-state index >= 15 is 0 Å². The van der Waals surface area contributed by atoms with Crippen LogP contribution in [0, 0.1) is 0 Å². The molecule has 4 heteroatoms. The average molecular weight is 271 g/mol. The predicted octanol–water partition coefficient (Wildman–Crippen LogP) is 1.59. The summed E-state index contributed by atoms with van der Waals surface area (Å²) in [6, 6.07) is 0. The molecule has 2 aliphatic rings. The van der Waals surface area contributed by atoms with Crippen molar-refractivity contribution < 1.29 is 14.9 Å². The molecule has 2 fully saturated rings. The summed E-state index contributed by atoms with van der Waals surface area (Å²) in [5.74, 6) is 0. The fraction of sp³-hybridized carbons (Fsp3) is 1.00. The molecule has 19 heavy (non-hydrogen) atoms. The highest BCUT2D eigenvalue weighted by Gasteiger charge is 2.31. The molecule has 2 rings (SSSR count). The van der Waals surface area contributed by atoms with Gasteiger partial charge in [-0.1, -0.05) is 32.1 Å². The maximum absolute atomic E-state index is 9.98. The Balaban J connectivity index is 1.65. The van der Waals surface area contributed by atoms with Gasteiger partial charge in [0, 0.05) is 12.1 Å². The zero-order valence-corrected chi connectivity index (χ0v) is 11.9. The van der Waals surface area contributed by atoms with Crippen molar-refractivity contribution in [1.29, 1.82) is 0 Å². The maximum atomic E-state index is 9.98. The first kappa shape index (κ1) is 15.2. The van der Waals surface area contributed by atoms with Crippen molar-refractivity contribution in [2.75, 3.05) is 19.8 Å². The van der Waals surface area contributed by atoms with Crippen LogP contribution in [0.5, 0.6) is 0 Å². The number of aliphatic hydroxyl groups excluding tert-OH is 2. The molecule has 1 atom stereocenters. The lowest BCUT2D eigenvalue weighted by atomic mass is 9.82. The third-order valence-electron chi connectivity index (χ3n) is 4.65. The first-order valence-electron chi connectivity index (χ1n) is 7.90. The molecule has 1 unspecified atom stereocenters. The minimum atomic E-state index is -0.467. The molecule has 112 valence electrons. The van der Waals surface area contributed by atoms with Crippen LogP contribution in [0.2, 0.25) is 0 Å². The Labute approximate surface area is 116 Å². The molecule has 3 N–H and O–H groups in total. The van der Waals surface area contributed by atoms with Gasteiger partial charge < -0.3 is 20.3 Å². The largest absolute Gasteiger partial charge is 0.394 e. The predicted molar refractivity (Wildman–Crippen MR) is 75.1 cm³/mol. The second kappa shape index (κ2) is 7.58. The van der Waals surface area contributed by atoms with Crippen LogP contribution in [0.4, 0.5) is 0 Å². The molecule has 0 saturated heterocycles. The van der Waals surface area contributed by atoms with Gasteiger partial charge in [0.25, 0.3) is 0 Å². The van der Waals surface area contributed by atoms with Crippen LogP contribution in [-0.2, 0) is 4.74 Å². The van der Waals surface area contributed by atoms with Crippen LogP contribution < -0.4 is 5.32 Å². The second-order valence-corrected chi connectivity index (χ2v) is 6.27. The Bertz CT molecular complexity index is 248. The Kier molecular flexibility index (Phi) is 6.07. The third-order valence-corrected chi connectivity index (χ3v) is 4.65. The second-order valence-electron chi connectivity index (χ2n) is 6.27. The SMILES string of the molecule is OCC1(NCC(O)COC2CCCC2)CCCCC1. The molecule has 0 spiro atoms. The molecular formula is C15H29NO3. The quantitative estimate of drug-likeness (QED) is 0.658. The maximum Gasteiger partial charge on any atom is 0.0898 e. The minimum Gasteiger partial charge on any atom is -0.394 e. The number of hydrogen-bond acceptors (Lipinski definition) is 4. The fourth-order valence-corrected chi connectivity index (χ4v) is 3.31. The molecule has 0 heterocycles. The van der Waals surface area contributed by atoms with Crippen molar-refractivity contribution in [3.05, 3.63) is 0 Å². The normalized spacial score (nSPS) is 25.6. The van der Waals surface area contributed by atoms with Crippen molar-refractivity contribution in [1.82, 2.24) is 5.32 Å². The molecule has 0 bridgehead atoms. The Morgan fingerprint density at radius 2 is 1.79 bits per heavy atom. The van der Waals surface area contributed by atoms with Crippen LogP contribution in [0.1, 0.15) is 57.8 Å². The van der Waals surface area contributed by atoms with Gasteiger partial charge in [0.05, 0.1) is 25.4 Å². The van der Waals surface area contributed by atoms with Crippen molar-refractivity contribution in [3.8, 4) is 0 Å². The number of ether oxygens (including phenoxy) is 1. The van der Waals surface area contributed by atoms with E-state index in [1.807, 2.05) is 0 Å². The average Bonchev–Trinajstić information content (AvgIpc) is 2.97. The molecule has 0 aromatic rings. The monoisotopic (exact) mass is 271 g/mol. The van der Waals surface area contributed by atoms with Crippen LogP contribution in [0.25, 0.3) is 0 Å². The third kappa shape index (κ3) is 4.71. The molecule has 2 aliphatic carbocycles. The van der Waals surface area contributed by atoms with Crippen LogP contribution in [0.15, 0.2) is 0 Å². The number of hydrogen-bond donors (Lipinski definition) is 3. The molecular weight excluding hydrogens is 242 g/mol. The molecule has 0 aliphatic heterocycles. The highest BCUT2D eigenvalue weighted by atomic mass is 16.5. The van der Waals surface area contributed by atoms with E-state index in [9.17, 15) is 10.2 Å². The number of β-amino-alcohol motifs (C(OH)–C–C–N with tert-alkyl or cyclic N) is 1. The van der Waals surface area contributed by atoms with Crippen LogP contribution in [-0.4, -0.2) is 47.7 Å². The van der Waals surface area contributed by atoms with Gasteiger partial charge in [0.2, 0.25) is 0 Å². The Morgan fingerprint density at radius 1 is 1.11 bits per heavy atom. The number of rotatable bonds is 7. The molecule has 0 radical (unpaired) electrons. The molecule has 2 saturated carbocycles. The van der Waals surface area contributed by atoms with E-state index in [4.69, 9.17) is 4.74 Å². The zero-order valence-electron chi connectivity index (χ0n) is 11.9. The highest BCUT2D eigenvalue weighted by Crippen LogP contribution is 2.27. The summed E-state index contributed by atoms with van der Waals surface area (Å²) in [6.07, 6.45) is 10.3. The lowest BCUT2D eigenvalue weighted by Gasteiger charge is -2.37. The van der Waals surface area contributed by atoms with Crippen molar-refractivity contribution >= 4 is 0 Å². The number of aliphatic hydroxyl groups is 2. The summed E-state index contributed by atoms with van der Waals surface area (Å²) in [7, 11) is 0. The van der Waals surface area contributed by atoms with E-state index < -0.39 is 6.10 Å². The fourth-order valence-electron chi connectivity index (χ4n) is 3.31. The van der Waals surface area contributed by atoms with Gasteiger partial charge >= 0.3 is 0 Å². The van der Waals surface area contributed by atoms with E-state index in [-0.39, 0.29) is 12.1 Å². The van der Waals surface area contributed by atoms with Crippen molar-refractivity contribution in [2.45, 2.75) is 75.5 Å². The van der Waals surface area contributed by atoms with Gasteiger partial charge in [0.1, 0.15) is 0 Å². The summed E-state index contributed by atoms with van der Waals surface area (Å²) in [6.45, 7) is 1.11. The van der Waals surface area contributed by atoms with Gasteiger partial charge in [-0.3, -0.25) is 0 Å². The van der Waals surface area contributed by atoms with E-state index in [1.54, 1.807) is 0 Å². The number of nitrogens with one attached hydrogen (secondary N) is 1. The first-order valence-corrected chi connectivity index (χ1v) is 7.90. The Morgan fingerprint density at radius 3 is 2.42 bits per heavy atom. The molecule has 0 amide bonds. The lowest BCUT2D eigenvalue weighted by molar-refractivity contribution is -0.0111. The summed E-state index contributed by atoms with van der Waals surface area (Å²) >= 11 is 0. The molecule has 0 aromatic carbocycles. The van der Waals surface area contributed by atoms with E-state index in [1.165, 1.54) is 32.1 Å². The zero-order chi connectivity index (χ0) is 13.6.